The number of phenolic OH excluding ortho intramolecular Hbond substituents is 11. The predicted octanol–water partition coefficient (Wildman–Crippen LogP) is -0.968. The lowest BCUT2D eigenvalue weighted by molar-refractivity contribution is -0.302. The molecule has 5 aliphatic rings. The van der Waals surface area contributed by atoms with Gasteiger partial charge in [0.1, 0.15) is 12.7 Å². The van der Waals surface area contributed by atoms with E-state index in [4.69, 9.17) is 33.2 Å². The molecule has 0 amide bonds. The average molecular weight is 953 g/mol. The smallest absolute Gasteiger partial charge is 0.340 e. The zero-order valence-corrected chi connectivity index (χ0v) is 33.3. The molecule has 0 spiro atoms. The third kappa shape index (κ3) is 6.21. The molecule has 4 aliphatic heterocycles. The summed E-state index contributed by atoms with van der Waals surface area (Å²) in [6, 6.07) is 2.32. The van der Waals surface area contributed by atoms with Crippen LogP contribution in [0.1, 0.15) is 53.4 Å². The van der Waals surface area contributed by atoms with E-state index in [1.165, 1.54) is 0 Å². The number of hydrogen-bond donors (Lipinski definition) is 14. The number of ether oxygens (including phenoxy) is 7. The zero-order valence-electron chi connectivity index (χ0n) is 33.3. The predicted molar refractivity (Wildman–Crippen MR) is 205 cm³/mol. The number of carbonyl (C=O) groups is 6. The van der Waals surface area contributed by atoms with Crippen LogP contribution in [0.3, 0.4) is 0 Å². The van der Waals surface area contributed by atoms with Gasteiger partial charge in [-0.3, -0.25) is 4.79 Å². The third-order valence-corrected chi connectivity index (χ3v) is 11.5. The van der Waals surface area contributed by atoms with Crippen molar-refractivity contribution in [3.05, 3.63) is 63.7 Å². The molecule has 27 nitrogen and oxygen atoms in total. The van der Waals surface area contributed by atoms with E-state index in [1.54, 1.807) is 0 Å². The van der Waals surface area contributed by atoms with Crippen LogP contribution in [0, 0.1) is 0 Å². The highest BCUT2D eigenvalue weighted by atomic mass is 16.8. The monoisotopic (exact) mass is 952 g/mol. The molecule has 68 heavy (non-hydrogen) atoms. The second-order valence-corrected chi connectivity index (χ2v) is 15.4. The number of aromatic hydroxyl groups is 11. The van der Waals surface area contributed by atoms with Crippen molar-refractivity contribution >= 4 is 41.2 Å². The Morgan fingerprint density at radius 1 is 0.559 bits per heavy atom. The van der Waals surface area contributed by atoms with Crippen LogP contribution in [-0.2, 0) is 38.0 Å². The molecule has 4 aromatic rings. The Balaban J connectivity index is 1.30. The second-order valence-electron chi connectivity index (χ2n) is 15.4. The molecular weight excluding hydrogens is 924 g/mol. The van der Waals surface area contributed by atoms with Gasteiger partial charge in [-0.15, -0.1) is 0 Å². The van der Waals surface area contributed by atoms with Gasteiger partial charge in [-0.05, 0) is 30.3 Å². The molecule has 1 aliphatic carbocycles. The van der Waals surface area contributed by atoms with E-state index in [9.17, 15) is 100 Å². The average Bonchev–Trinajstić information content (AvgIpc) is 3.28. The molecule has 1 fully saturated rings. The van der Waals surface area contributed by atoms with Crippen LogP contribution in [0.5, 0.6) is 69.0 Å². The van der Waals surface area contributed by atoms with E-state index in [-0.39, 0.29) is 0 Å². The van der Waals surface area contributed by atoms with Gasteiger partial charge in [0, 0.05) is 28.7 Å². The number of cyclic esters (lactones) is 1. The Labute approximate surface area is 373 Å². The number of benzene rings is 4. The van der Waals surface area contributed by atoms with E-state index in [2.05, 4.69) is 0 Å². The van der Waals surface area contributed by atoms with E-state index in [0.29, 0.717) is 30.3 Å². The molecule has 9 rings (SSSR count). The lowest BCUT2D eigenvalue weighted by Crippen LogP contribution is -2.68. The molecule has 0 saturated carbocycles. The standard InChI is InChI=1S/C41H28O27/c42-13-1-8(2-14(43)24(13)48)34(54)67-39-33-32-30(64-38(58)12-6-19(47)41(61)40(59,60)23(12)22-11(37(57)66-33)5-17(46)27(51)31(22)68-41)18(63-39)7-62-35(55)9-3-15(44)25(49)28(52)20(9)21-10(36(56)65-32)4-16(45)26(50)29(21)53/h1-5,18,30,32-33,39,42-46,48-53,59-61H,6-7H2. The lowest BCUT2D eigenvalue weighted by atomic mass is 9.74. The number of rotatable bonds is 2. The normalized spacial score (nSPS) is 24.8. The van der Waals surface area contributed by atoms with Crippen molar-refractivity contribution in [2.24, 2.45) is 0 Å². The molecule has 6 bridgehead atoms. The fraction of sp³-hybridized carbons (Fsp3) is 0.220. The first kappa shape index (κ1) is 44.3. The van der Waals surface area contributed by atoms with Crippen molar-refractivity contribution in [2.45, 2.75) is 48.7 Å². The van der Waals surface area contributed by atoms with Crippen molar-refractivity contribution in [1.82, 2.24) is 0 Å². The van der Waals surface area contributed by atoms with Gasteiger partial charge in [-0.1, -0.05) is 0 Å². The highest BCUT2D eigenvalue weighted by Gasteiger charge is 2.68. The quantitative estimate of drug-likeness (QED) is 0.0497. The number of Topliss-reactive ketones (excluding diaryl/α,β-unsaturated/α-hetero) is 1. The third-order valence-electron chi connectivity index (χ3n) is 11.5. The number of esters is 5. The largest absolute Gasteiger partial charge is 0.504 e. The van der Waals surface area contributed by atoms with Crippen molar-refractivity contribution in [3.8, 4) is 80.1 Å². The SMILES string of the molecule is O=C1OC2C3COC(=O)c4cc(O)c(O)c(O)c4-c4c(cc(O)c(O)c4O)C(=O)OC2C(OC(=O)c2cc(O)c(O)c4c2C2=C1CC(=O)C(O)(O4)C2(O)O)C(OC(=O)c1cc(O)c(O)c(O)c1)O3. The fourth-order valence-electron chi connectivity index (χ4n) is 8.19. The highest BCUT2D eigenvalue weighted by molar-refractivity contribution is 6.14. The van der Waals surface area contributed by atoms with Gasteiger partial charge < -0.3 is 105 Å². The summed E-state index contributed by atoms with van der Waals surface area (Å²) in [4.78, 5) is 84.9. The van der Waals surface area contributed by atoms with Crippen LogP contribution in [0.25, 0.3) is 16.7 Å². The van der Waals surface area contributed by atoms with Crippen molar-refractivity contribution in [3.63, 3.8) is 0 Å². The molecular formula is C41H28O27. The number of phenols is 11. The first-order chi connectivity index (χ1) is 31.9. The van der Waals surface area contributed by atoms with Gasteiger partial charge in [-0.25, -0.2) is 24.0 Å². The Morgan fingerprint density at radius 3 is 1.62 bits per heavy atom. The van der Waals surface area contributed by atoms with Crippen LogP contribution in [0.4, 0.5) is 0 Å². The molecule has 4 aromatic carbocycles. The summed E-state index contributed by atoms with van der Waals surface area (Å²) in [6.45, 7) is -1.31. The van der Waals surface area contributed by atoms with Gasteiger partial charge in [0.05, 0.1) is 27.8 Å². The molecule has 27 heteroatoms. The van der Waals surface area contributed by atoms with Crippen LogP contribution in [-0.4, -0.2) is 156 Å². The van der Waals surface area contributed by atoms with E-state index in [0.717, 1.165) is 0 Å². The van der Waals surface area contributed by atoms with Crippen LogP contribution >= 0.6 is 0 Å². The maximum atomic E-state index is 14.6. The molecule has 0 aromatic heterocycles. The molecule has 0 radical (unpaired) electrons. The number of aliphatic hydroxyl groups is 3. The topological polar surface area (TPSA) is 450 Å². The Kier molecular flexibility index (Phi) is 9.64. The molecule has 6 atom stereocenters. The maximum absolute atomic E-state index is 14.6. The van der Waals surface area contributed by atoms with Crippen molar-refractivity contribution in [2.75, 3.05) is 6.61 Å². The zero-order chi connectivity index (χ0) is 49.4. The minimum Gasteiger partial charge on any atom is -0.504 e. The highest BCUT2D eigenvalue weighted by Crippen LogP contribution is 2.58. The van der Waals surface area contributed by atoms with Gasteiger partial charge in [0.2, 0.25) is 35.4 Å². The van der Waals surface area contributed by atoms with E-state index >= 15 is 0 Å². The summed E-state index contributed by atoms with van der Waals surface area (Å²) in [5.74, 6) is -33.8. The lowest BCUT2D eigenvalue weighted by Gasteiger charge is -2.47. The maximum Gasteiger partial charge on any atom is 0.340 e. The molecule has 4 heterocycles. The van der Waals surface area contributed by atoms with Crippen molar-refractivity contribution in [1.29, 1.82) is 0 Å². The van der Waals surface area contributed by atoms with Gasteiger partial charge in [0.25, 0.3) is 5.79 Å². The summed E-state index contributed by atoms with van der Waals surface area (Å²) < 4.78 is 38.9. The number of ketones is 1. The first-order valence-electron chi connectivity index (χ1n) is 19.1. The van der Waals surface area contributed by atoms with Crippen LogP contribution in [0.15, 0.2) is 35.9 Å². The number of fused-ring (bicyclic) bond motifs is 4. The van der Waals surface area contributed by atoms with Crippen LogP contribution < -0.4 is 4.74 Å². The van der Waals surface area contributed by atoms with E-state index < -0.39 is 210 Å². The Hall–Kier alpha value is -8.92. The molecule has 6 unspecified atom stereocenters. The summed E-state index contributed by atoms with van der Waals surface area (Å²) >= 11 is 0. The molecule has 354 valence electrons. The summed E-state index contributed by atoms with van der Waals surface area (Å²) in [5, 5.41) is 150. The van der Waals surface area contributed by atoms with Crippen molar-refractivity contribution < 1.29 is 133 Å². The Bertz CT molecular complexity index is 3030. The molecule has 14 N–H and O–H groups in total. The summed E-state index contributed by atoms with van der Waals surface area (Å²) in [6.07, 6.45) is -13.7. The first-order valence-corrected chi connectivity index (χ1v) is 19.1. The van der Waals surface area contributed by atoms with Gasteiger partial charge >= 0.3 is 35.6 Å². The summed E-state index contributed by atoms with van der Waals surface area (Å²) in [7, 11) is 0. The molecule has 1 saturated heterocycles. The minimum absolute atomic E-state index is 0.363. The van der Waals surface area contributed by atoms with Crippen LogP contribution in [0.2, 0.25) is 0 Å². The Morgan fingerprint density at radius 2 is 1.04 bits per heavy atom. The number of hydrogen-bond acceptors (Lipinski definition) is 27. The van der Waals surface area contributed by atoms with E-state index in [1.807, 2.05) is 0 Å². The van der Waals surface area contributed by atoms with Gasteiger partial charge in [0.15, 0.2) is 64.0 Å². The van der Waals surface area contributed by atoms with Gasteiger partial charge in [-0.2, -0.15) is 0 Å². The fourth-order valence-corrected chi connectivity index (χ4v) is 8.19. The number of carbonyl (C=O) groups excluding carboxylic acids is 6. The second kappa shape index (κ2) is 14.8. The minimum atomic E-state index is -4.03. The summed E-state index contributed by atoms with van der Waals surface area (Å²) in [5.41, 5.74) is -9.77.